The lowest BCUT2D eigenvalue weighted by atomic mass is 9.92. The van der Waals surface area contributed by atoms with Crippen molar-refractivity contribution < 1.29 is 9.59 Å². The molecule has 0 aromatic carbocycles. The van der Waals surface area contributed by atoms with Crippen LogP contribution in [-0.4, -0.2) is 12.2 Å². The van der Waals surface area contributed by atoms with Gasteiger partial charge in [0.15, 0.2) is 0 Å². The van der Waals surface area contributed by atoms with Gasteiger partial charge in [0.1, 0.15) is 6.29 Å². The molecule has 0 bridgehead atoms. The molecule has 1 unspecified atom stereocenters. The Morgan fingerprint density at radius 1 is 1.50 bits per heavy atom. The highest BCUT2D eigenvalue weighted by atomic mass is 16.1. The largest absolute Gasteiger partial charge is 0.370 e. The van der Waals surface area contributed by atoms with E-state index < -0.39 is 0 Å². The third kappa shape index (κ3) is 5.89. The molecule has 0 radical (unpaired) electrons. The molecule has 0 aliphatic carbocycles. The number of amides is 1. The number of rotatable bonds is 6. The van der Waals surface area contributed by atoms with Crippen LogP contribution in [0.4, 0.5) is 0 Å². The molecule has 0 aliphatic rings. The van der Waals surface area contributed by atoms with Crippen molar-refractivity contribution in [2.24, 2.45) is 17.6 Å². The molecule has 0 saturated heterocycles. The first-order valence-electron chi connectivity index (χ1n) is 4.28. The molecule has 0 spiro atoms. The Kier molecular flexibility index (Phi) is 5.34. The van der Waals surface area contributed by atoms with Crippen molar-refractivity contribution in [3.63, 3.8) is 0 Å². The quantitative estimate of drug-likeness (QED) is 0.608. The van der Waals surface area contributed by atoms with Gasteiger partial charge in [0.2, 0.25) is 5.91 Å². The van der Waals surface area contributed by atoms with Gasteiger partial charge in [-0.15, -0.1) is 0 Å². The van der Waals surface area contributed by atoms with Gasteiger partial charge in [0.05, 0.1) is 0 Å². The summed E-state index contributed by atoms with van der Waals surface area (Å²) in [6.45, 7) is 4.14. The molecule has 70 valence electrons. The van der Waals surface area contributed by atoms with Crippen LogP contribution >= 0.6 is 0 Å². The Morgan fingerprint density at radius 3 is 2.42 bits per heavy atom. The molecule has 1 atom stereocenters. The molecule has 2 N–H and O–H groups in total. The maximum Gasteiger partial charge on any atom is 0.217 e. The van der Waals surface area contributed by atoms with Gasteiger partial charge in [-0.05, 0) is 18.3 Å². The first kappa shape index (κ1) is 11.1. The Hall–Kier alpha value is -0.860. The molecule has 3 nitrogen and oxygen atoms in total. The summed E-state index contributed by atoms with van der Waals surface area (Å²) in [7, 11) is 0. The fourth-order valence-corrected chi connectivity index (χ4v) is 1.35. The second-order valence-corrected chi connectivity index (χ2v) is 3.57. The van der Waals surface area contributed by atoms with Crippen LogP contribution in [0.3, 0.4) is 0 Å². The highest BCUT2D eigenvalue weighted by Gasteiger charge is 2.12. The van der Waals surface area contributed by atoms with Crippen molar-refractivity contribution >= 4 is 12.2 Å². The first-order valence-corrected chi connectivity index (χ1v) is 4.28. The lowest BCUT2D eigenvalue weighted by Crippen LogP contribution is -2.18. The van der Waals surface area contributed by atoms with Gasteiger partial charge in [0, 0.05) is 12.8 Å². The minimum atomic E-state index is -0.317. The normalized spacial score (nSPS) is 12.9. The van der Waals surface area contributed by atoms with Gasteiger partial charge in [-0.25, -0.2) is 0 Å². The summed E-state index contributed by atoms with van der Waals surface area (Å²) in [4.78, 5) is 20.8. The Balaban J connectivity index is 3.85. The summed E-state index contributed by atoms with van der Waals surface area (Å²) in [5, 5.41) is 0. The highest BCUT2D eigenvalue weighted by molar-refractivity contribution is 5.74. The van der Waals surface area contributed by atoms with E-state index >= 15 is 0 Å². The van der Waals surface area contributed by atoms with Crippen molar-refractivity contribution in [1.82, 2.24) is 0 Å². The molecular formula is C9H17NO2. The van der Waals surface area contributed by atoms with Crippen molar-refractivity contribution in [2.45, 2.75) is 33.1 Å². The van der Waals surface area contributed by atoms with E-state index in [2.05, 4.69) is 13.8 Å². The zero-order valence-corrected chi connectivity index (χ0v) is 7.75. The Morgan fingerprint density at radius 2 is 2.08 bits per heavy atom. The van der Waals surface area contributed by atoms with Crippen molar-refractivity contribution in [3.05, 3.63) is 0 Å². The number of carbonyl (C=O) groups is 2. The van der Waals surface area contributed by atoms with Crippen LogP contribution in [0.25, 0.3) is 0 Å². The molecule has 12 heavy (non-hydrogen) atoms. The molecule has 3 heteroatoms. The van der Waals surface area contributed by atoms with Crippen LogP contribution in [0.5, 0.6) is 0 Å². The number of aldehydes is 1. The number of primary amides is 1. The molecule has 0 aliphatic heterocycles. The summed E-state index contributed by atoms with van der Waals surface area (Å²) in [5.74, 6) is 0.330. The maximum absolute atomic E-state index is 10.6. The van der Waals surface area contributed by atoms with Gasteiger partial charge < -0.3 is 10.5 Å². The summed E-state index contributed by atoms with van der Waals surface area (Å²) in [6, 6.07) is 0. The van der Waals surface area contributed by atoms with Gasteiger partial charge in [-0.2, -0.15) is 0 Å². The zero-order valence-electron chi connectivity index (χ0n) is 7.75. The van der Waals surface area contributed by atoms with Crippen LogP contribution < -0.4 is 5.73 Å². The fourth-order valence-electron chi connectivity index (χ4n) is 1.35. The minimum absolute atomic E-state index is 0.139. The van der Waals surface area contributed by atoms with Crippen LogP contribution in [-0.2, 0) is 9.59 Å². The third-order valence-electron chi connectivity index (χ3n) is 1.72. The van der Waals surface area contributed by atoms with Crippen LogP contribution in [0, 0.1) is 11.8 Å². The van der Waals surface area contributed by atoms with Crippen molar-refractivity contribution in [3.8, 4) is 0 Å². The summed E-state index contributed by atoms with van der Waals surface area (Å²) < 4.78 is 0. The van der Waals surface area contributed by atoms with E-state index in [0.717, 1.165) is 12.7 Å². The van der Waals surface area contributed by atoms with Gasteiger partial charge in [0.25, 0.3) is 0 Å². The molecule has 0 fully saturated rings. The van der Waals surface area contributed by atoms with E-state index in [1.54, 1.807) is 0 Å². The standard InChI is InChI=1S/C9H17NO2/c1-7(2)5-8(3-4-11)6-9(10)12/h4,7-8H,3,5-6H2,1-2H3,(H2,10,12). The molecule has 1 amide bonds. The summed E-state index contributed by atoms with van der Waals surface area (Å²) in [6.07, 6.45) is 2.52. The number of hydrogen-bond acceptors (Lipinski definition) is 2. The minimum Gasteiger partial charge on any atom is -0.370 e. The molecule has 0 aromatic rings. The molecule has 0 aromatic heterocycles. The van der Waals surface area contributed by atoms with Crippen molar-refractivity contribution in [1.29, 1.82) is 0 Å². The molecule has 0 saturated carbocycles. The zero-order chi connectivity index (χ0) is 9.56. The monoisotopic (exact) mass is 171 g/mol. The molecule has 0 heterocycles. The van der Waals surface area contributed by atoms with E-state index in [1.807, 2.05) is 0 Å². The SMILES string of the molecule is CC(C)CC(CC=O)CC(N)=O. The number of nitrogens with two attached hydrogens (primary N) is 1. The second-order valence-electron chi connectivity index (χ2n) is 3.57. The predicted molar refractivity (Wildman–Crippen MR) is 47.4 cm³/mol. The van der Waals surface area contributed by atoms with Crippen LogP contribution in [0.2, 0.25) is 0 Å². The van der Waals surface area contributed by atoms with E-state index in [0.29, 0.717) is 18.8 Å². The summed E-state index contributed by atoms with van der Waals surface area (Å²) in [5.41, 5.74) is 5.04. The topological polar surface area (TPSA) is 60.2 Å². The predicted octanol–water partition coefficient (Wildman–Crippen LogP) is 1.11. The molecular weight excluding hydrogens is 154 g/mol. The van der Waals surface area contributed by atoms with Crippen LogP contribution in [0.15, 0.2) is 0 Å². The second kappa shape index (κ2) is 5.75. The van der Waals surface area contributed by atoms with E-state index in [4.69, 9.17) is 5.73 Å². The first-order chi connectivity index (χ1) is 5.56. The van der Waals surface area contributed by atoms with E-state index in [1.165, 1.54) is 0 Å². The fraction of sp³-hybridized carbons (Fsp3) is 0.778. The third-order valence-corrected chi connectivity index (χ3v) is 1.72. The average Bonchev–Trinajstić information content (AvgIpc) is 1.84. The summed E-state index contributed by atoms with van der Waals surface area (Å²) >= 11 is 0. The Bertz CT molecular complexity index is 155. The highest BCUT2D eigenvalue weighted by Crippen LogP contribution is 2.17. The smallest absolute Gasteiger partial charge is 0.217 e. The lowest BCUT2D eigenvalue weighted by molar-refractivity contribution is -0.119. The van der Waals surface area contributed by atoms with Gasteiger partial charge in [-0.1, -0.05) is 13.8 Å². The van der Waals surface area contributed by atoms with Crippen LogP contribution in [0.1, 0.15) is 33.1 Å². The number of hydrogen-bond donors (Lipinski definition) is 1. The Labute approximate surface area is 73.3 Å². The average molecular weight is 171 g/mol. The number of carbonyl (C=O) groups excluding carboxylic acids is 2. The van der Waals surface area contributed by atoms with E-state index in [-0.39, 0.29) is 11.8 Å². The van der Waals surface area contributed by atoms with Gasteiger partial charge >= 0.3 is 0 Å². The molecule has 0 rings (SSSR count). The maximum atomic E-state index is 10.6. The van der Waals surface area contributed by atoms with E-state index in [9.17, 15) is 9.59 Å². The lowest BCUT2D eigenvalue weighted by Gasteiger charge is -2.13. The van der Waals surface area contributed by atoms with Crippen molar-refractivity contribution in [2.75, 3.05) is 0 Å². The van der Waals surface area contributed by atoms with Gasteiger partial charge in [-0.3, -0.25) is 4.79 Å².